The topological polar surface area (TPSA) is 39.1 Å². The second kappa shape index (κ2) is 6.72. The van der Waals surface area contributed by atoms with E-state index in [-0.39, 0.29) is 5.60 Å². The Hall–Kier alpha value is -0.870. The maximum Gasteiger partial charge on any atom is 0.0810 e. The molecule has 0 aliphatic carbocycles. The SMILES string of the molecule is CCc1cc(CC(NC)C2(C)CCCCO2)n(CC)n1. The Bertz CT molecular complexity index is 421. The van der Waals surface area contributed by atoms with Gasteiger partial charge in [0.2, 0.25) is 0 Å². The van der Waals surface area contributed by atoms with Crippen LogP contribution in [0.25, 0.3) is 0 Å². The van der Waals surface area contributed by atoms with E-state index in [1.54, 1.807) is 0 Å². The van der Waals surface area contributed by atoms with Gasteiger partial charge in [0.25, 0.3) is 0 Å². The molecule has 114 valence electrons. The van der Waals surface area contributed by atoms with E-state index in [1.807, 2.05) is 7.05 Å². The van der Waals surface area contributed by atoms with Crippen LogP contribution < -0.4 is 5.32 Å². The molecule has 0 aromatic carbocycles. The van der Waals surface area contributed by atoms with Crippen molar-refractivity contribution in [2.24, 2.45) is 0 Å². The van der Waals surface area contributed by atoms with Crippen LogP contribution in [0.1, 0.15) is 51.4 Å². The molecule has 0 amide bonds. The molecule has 1 aromatic heterocycles. The van der Waals surface area contributed by atoms with Crippen molar-refractivity contribution in [2.75, 3.05) is 13.7 Å². The molecule has 1 aliphatic rings. The Kier molecular flexibility index (Phi) is 5.22. The molecule has 2 atom stereocenters. The molecule has 1 N–H and O–H groups in total. The summed E-state index contributed by atoms with van der Waals surface area (Å²) in [6, 6.07) is 2.59. The molecule has 0 saturated carbocycles. The molecule has 0 radical (unpaired) electrons. The van der Waals surface area contributed by atoms with Gasteiger partial charge in [0.15, 0.2) is 0 Å². The Balaban J connectivity index is 2.15. The van der Waals surface area contributed by atoms with E-state index >= 15 is 0 Å². The summed E-state index contributed by atoms with van der Waals surface area (Å²) in [6.45, 7) is 8.39. The maximum absolute atomic E-state index is 6.11. The fraction of sp³-hybridized carbons (Fsp3) is 0.812. The van der Waals surface area contributed by atoms with Gasteiger partial charge in [0.05, 0.1) is 11.3 Å². The lowest BCUT2D eigenvalue weighted by Gasteiger charge is -2.40. The fourth-order valence-corrected chi connectivity index (χ4v) is 3.19. The highest BCUT2D eigenvalue weighted by Crippen LogP contribution is 2.29. The predicted octanol–water partition coefficient (Wildman–Crippen LogP) is 2.56. The number of aryl methyl sites for hydroxylation is 2. The first kappa shape index (κ1) is 15.5. The quantitative estimate of drug-likeness (QED) is 0.870. The molecule has 1 aromatic rings. The molecular formula is C16H29N3O. The highest BCUT2D eigenvalue weighted by atomic mass is 16.5. The van der Waals surface area contributed by atoms with Crippen LogP contribution in [-0.4, -0.2) is 35.1 Å². The van der Waals surface area contributed by atoms with E-state index < -0.39 is 0 Å². The second-order valence-electron chi connectivity index (χ2n) is 5.96. The van der Waals surface area contributed by atoms with Crippen LogP contribution in [0.4, 0.5) is 0 Å². The molecular weight excluding hydrogens is 250 g/mol. The van der Waals surface area contributed by atoms with Crippen molar-refractivity contribution in [3.05, 3.63) is 17.5 Å². The molecule has 2 unspecified atom stereocenters. The third-order valence-corrected chi connectivity index (χ3v) is 4.57. The molecule has 1 saturated heterocycles. The number of nitrogens with zero attached hydrogens (tertiary/aromatic N) is 2. The number of ether oxygens (including phenoxy) is 1. The zero-order valence-electron chi connectivity index (χ0n) is 13.4. The van der Waals surface area contributed by atoms with Crippen molar-refractivity contribution in [3.63, 3.8) is 0 Å². The Labute approximate surface area is 122 Å². The maximum atomic E-state index is 6.11. The van der Waals surface area contributed by atoms with Crippen LogP contribution in [0.2, 0.25) is 0 Å². The molecule has 0 bridgehead atoms. The Morgan fingerprint density at radius 2 is 2.25 bits per heavy atom. The molecule has 1 fully saturated rings. The Morgan fingerprint density at radius 1 is 1.45 bits per heavy atom. The summed E-state index contributed by atoms with van der Waals surface area (Å²) in [7, 11) is 2.04. The lowest BCUT2D eigenvalue weighted by atomic mass is 9.85. The average molecular weight is 279 g/mol. The van der Waals surface area contributed by atoms with E-state index in [2.05, 4.69) is 41.9 Å². The van der Waals surface area contributed by atoms with Crippen LogP contribution in [0.3, 0.4) is 0 Å². The number of rotatable bonds is 6. The third kappa shape index (κ3) is 3.23. The van der Waals surface area contributed by atoms with Crippen LogP contribution in [0.5, 0.6) is 0 Å². The summed E-state index contributed by atoms with van der Waals surface area (Å²) >= 11 is 0. The number of likely N-dealkylation sites (N-methyl/N-ethyl adjacent to an activating group) is 1. The van der Waals surface area contributed by atoms with Crippen LogP contribution in [0.15, 0.2) is 6.07 Å². The summed E-state index contributed by atoms with van der Waals surface area (Å²) in [5.41, 5.74) is 2.45. The van der Waals surface area contributed by atoms with E-state index in [1.165, 1.54) is 24.2 Å². The highest BCUT2D eigenvalue weighted by molar-refractivity contribution is 5.13. The third-order valence-electron chi connectivity index (χ3n) is 4.57. The molecule has 4 nitrogen and oxygen atoms in total. The first-order valence-corrected chi connectivity index (χ1v) is 7.99. The lowest BCUT2D eigenvalue weighted by Crippen LogP contribution is -2.52. The van der Waals surface area contributed by atoms with Crippen molar-refractivity contribution in [3.8, 4) is 0 Å². The fourth-order valence-electron chi connectivity index (χ4n) is 3.19. The van der Waals surface area contributed by atoms with Gasteiger partial charge < -0.3 is 10.1 Å². The number of aromatic nitrogens is 2. The van der Waals surface area contributed by atoms with Crippen molar-refractivity contribution < 1.29 is 4.74 Å². The minimum absolute atomic E-state index is 0.0534. The van der Waals surface area contributed by atoms with E-state index in [0.717, 1.165) is 32.4 Å². The predicted molar refractivity (Wildman–Crippen MR) is 82.0 cm³/mol. The minimum atomic E-state index is -0.0534. The van der Waals surface area contributed by atoms with Gasteiger partial charge in [0.1, 0.15) is 0 Å². The van der Waals surface area contributed by atoms with Crippen molar-refractivity contribution in [1.29, 1.82) is 0 Å². The number of hydrogen-bond acceptors (Lipinski definition) is 3. The van der Waals surface area contributed by atoms with Crippen LogP contribution in [0, 0.1) is 0 Å². The Morgan fingerprint density at radius 3 is 2.80 bits per heavy atom. The van der Waals surface area contributed by atoms with E-state index in [0.29, 0.717) is 6.04 Å². The largest absolute Gasteiger partial charge is 0.374 e. The molecule has 20 heavy (non-hydrogen) atoms. The van der Waals surface area contributed by atoms with Crippen LogP contribution >= 0.6 is 0 Å². The highest BCUT2D eigenvalue weighted by Gasteiger charge is 2.36. The summed E-state index contributed by atoms with van der Waals surface area (Å²) in [4.78, 5) is 0. The zero-order chi connectivity index (χ0) is 14.6. The van der Waals surface area contributed by atoms with Gasteiger partial charge in [0, 0.05) is 31.3 Å². The normalized spacial score (nSPS) is 24.8. The van der Waals surface area contributed by atoms with E-state index in [9.17, 15) is 0 Å². The summed E-state index contributed by atoms with van der Waals surface area (Å²) in [6.07, 6.45) is 5.58. The first-order valence-electron chi connectivity index (χ1n) is 7.99. The van der Waals surface area contributed by atoms with Crippen molar-refractivity contribution >= 4 is 0 Å². The summed E-state index contributed by atoms with van der Waals surface area (Å²) in [5.74, 6) is 0. The van der Waals surface area contributed by atoms with Gasteiger partial charge >= 0.3 is 0 Å². The van der Waals surface area contributed by atoms with Gasteiger partial charge in [-0.15, -0.1) is 0 Å². The van der Waals surface area contributed by atoms with Crippen molar-refractivity contribution in [1.82, 2.24) is 15.1 Å². The van der Waals surface area contributed by atoms with Gasteiger partial charge in [-0.25, -0.2) is 0 Å². The average Bonchev–Trinajstić information content (AvgIpc) is 2.87. The lowest BCUT2D eigenvalue weighted by molar-refractivity contribution is -0.0873. The van der Waals surface area contributed by atoms with Crippen molar-refractivity contribution in [2.45, 2.75) is 71.1 Å². The standard InChI is InChI=1S/C16H29N3O/c1-5-13-11-14(19(6-2)18-13)12-15(17-4)16(3)9-7-8-10-20-16/h11,15,17H,5-10,12H2,1-4H3. The first-order chi connectivity index (χ1) is 9.62. The molecule has 0 spiro atoms. The summed E-state index contributed by atoms with van der Waals surface area (Å²) in [5, 5.41) is 8.12. The van der Waals surface area contributed by atoms with Gasteiger partial charge in [-0.3, -0.25) is 4.68 Å². The zero-order valence-corrected chi connectivity index (χ0v) is 13.4. The van der Waals surface area contributed by atoms with Gasteiger partial charge in [-0.1, -0.05) is 6.92 Å². The second-order valence-corrected chi connectivity index (χ2v) is 5.96. The van der Waals surface area contributed by atoms with Gasteiger partial charge in [-0.05, 0) is 52.6 Å². The minimum Gasteiger partial charge on any atom is -0.374 e. The smallest absolute Gasteiger partial charge is 0.0810 e. The summed E-state index contributed by atoms with van der Waals surface area (Å²) < 4.78 is 8.24. The number of hydrogen-bond donors (Lipinski definition) is 1. The van der Waals surface area contributed by atoms with Crippen LogP contribution in [-0.2, 0) is 24.1 Å². The van der Waals surface area contributed by atoms with E-state index in [4.69, 9.17) is 4.74 Å². The molecule has 4 heteroatoms. The number of nitrogens with one attached hydrogen (secondary N) is 1. The molecule has 1 aliphatic heterocycles. The monoisotopic (exact) mass is 279 g/mol. The molecule has 2 rings (SSSR count). The molecule has 2 heterocycles. The van der Waals surface area contributed by atoms with Gasteiger partial charge in [-0.2, -0.15) is 5.10 Å².